The highest BCUT2D eigenvalue weighted by Crippen LogP contribution is 2.22. The van der Waals surface area contributed by atoms with Crippen LogP contribution in [-0.4, -0.2) is 48.5 Å². The zero-order chi connectivity index (χ0) is 21.2. The molecule has 0 spiro atoms. The van der Waals surface area contributed by atoms with E-state index in [1.807, 2.05) is 42.1 Å². The molecule has 1 amide bonds. The summed E-state index contributed by atoms with van der Waals surface area (Å²) < 4.78 is 27.7. The lowest BCUT2D eigenvalue weighted by molar-refractivity contribution is -0.116. The van der Waals surface area contributed by atoms with E-state index in [0.29, 0.717) is 11.9 Å². The minimum Gasteiger partial charge on any atom is -0.331 e. The third-order valence-electron chi connectivity index (χ3n) is 4.67. The largest absolute Gasteiger partial charge is 0.331 e. The van der Waals surface area contributed by atoms with Gasteiger partial charge in [0, 0.05) is 44.6 Å². The van der Waals surface area contributed by atoms with Crippen molar-refractivity contribution >= 4 is 44.4 Å². The van der Waals surface area contributed by atoms with Crippen molar-refractivity contribution in [1.29, 1.82) is 0 Å². The van der Waals surface area contributed by atoms with Gasteiger partial charge in [0.15, 0.2) is 0 Å². The number of nitrogens with one attached hydrogen (secondary N) is 1. The minimum absolute atomic E-state index is 0.0927. The Morgan fingerprint density at radius 1 is 1.17 bits per heavy atom. The number of benzene rings is 2. The van der Waals surface area contributed by atoms with Crippen LogP contribution in [0.4, 0.5) is 5.69 Å². The number of nitrogens with zero attached hydrogens (tertiary/aromatic N) is 3. The Morgan fingerprint density at radius 2 is 1.86 bits per heavy atom. The molecule has 1 N–H and O–H groups in total. The van der Waals surface area contributed by atoms with Gasteiger partial charge in [-0.05, 0) is 48.7 Å². The second-order valence-corrected chi connectivity index (χ2v) is 9.83. The van der Waals surface area contributed by atoms with Crippen molar-refractivity contribution in [2.75, 3.05) is 25.7 Å². The van der Waals surface area contributed by atoms with Crippen LogP contribution in [0.15, 0.2) is 52.3 Å². The number of carbonyl (C=O) groups excluding carboxylic acids is 1. The molecule has 7 nitrogen and oxygen atoms in total. The first-order chi connectivity index (χ1) is 13.7. The monoisotopic (exact) mass is 432 g/mol. The molecule has 0 radical (unpaired) electrons. The lowest BCUT2D eigenvalue weighted by Crippen LogP contribution is -2.22. The maximum absolute atomic E-state index is 12.3. The van der Waals surface area contributed by atoms with Crippen molar-refractivity contribution in [3.63, 3.8) is 0 Å². The quantitative estimate of drug-likeness (QED) is 0.580. The van der Waals surface area contributed by atoms with Crippen LogP contribution in [0, 0.1) is 0 Å². The maximum atomic E-state index is 12.3. The second kappa shape index (κ2) is 8.56. The van der Waals surface area contributed by atoms with Crippen molar-refractivity contribution in [3.8, 4) is 0 Å². The van der Waals surface area contributed by atoms with Gasteiger partial charge in [0.25, 0.3) is 0 Å². The highest BCUT2D eigenvalue weighted by atomic mass is 32.2. The molecule has 0 fully saturated rings. The molecule has 0 aliphatic carbocycles. The van der Waals surface area contributed by atoms with Gasteiger partial charge in [0.1, 0.15) is 5.82 Å². The number of sulfonamides is 1. The van der Waals surface area contributed by atoms with Gasteiger partial charge in [-0.15, -0.1) is 11.8 Å². The number of amides is 1. The van der Waals surface area contributed by atoms with Gasteiger partial charge < -0.3 is 9.88 Å². The summed E-state index contributed by atoms with van der Waals surface area (Å²) in [5.74, 6) is 0.636. The lowest BCUT2D eigenvalue weighted by atomic mass is 10.2. The maximum Gasteiger partial charge on any atom is 0.242 e. The second-order valence-electron chi connectivity index (χ2n) is 6.80. The van der Waals surface area contributed by atoms with E-state index in [4.69, 9.17) is 0 Å². The van der Waals surface area contributed by atoms with E-state index >= 15 is 0 Å². The van der Waals surface area contributed by atoms with E-state index in [-0.39, 0.29) is 17.2 Å². The average molecular weight is 433 g/mol. The van der Waals surface area contributed by atoms with Crippen molar-refractivity contribution in [3.05, 3.63) is 48.3 Å². The summed E-state index contributed by atoms with van der Waals surface area (Å²) >= 11 is 1.65. The van der Waals surface area contributed by atoms with Crippen LogP contribution in [0.25, 0.3) is 11.0 Å². The highest BCUT2D eigenvalue weighted by molar-refractivity contribution is 7.98. The van der Waals surface area contributed by atoms with Crippen molar-refractivity contribution in [2.24, 2.45) is 7.05 Å². The van der Waals surface area contributed by atoms with E-state index in [0.717, 1.165) is 21.9 Å². The van der Waals surface area contributed by atoms with Gasteiger partial charge in [0.05, 0.1) is 15.9 Å². The van der Waals surface area contributed by atoms with Gasteiger partial charge >= 0.3 is 0 Å². The molecule has 9 heteroatoms. The molecular formula is C20H24N4O3S2. The first-order valence-corrected chi connectivity index (χ1v) is 11.7. The first kappa shape index (κ1) is 21.4. The van der Waals surface area contributed by atoms with Crippen LogP contribution in [0.1, 0.15) is 12.2 Å². The van der Waals surface area contributed by atoms with Crippen LogP contribution in [0.2, 0.25) is 0 Å². The van der Waals surface area contributed by atoms with Gasteiger partial charge in [-0.25, -0.2) is 17.7 Å². The van der Waals surface area contributed by atoms with Crippen LogP contribution < -0.4 is 5.32 Å². The number of aromatic nitrogens is 2. The Morgan fingerprint density at radius 3 is 2.48 bits per heavy atom. The topological polar surface area (TPSA) is 84.3 Å². The molecule has 154 valence electrons. The summed E-state index contributed by atoms with van der Waals surface area (Å²) in [5, 5.41) is 2.89. The zero-order valence-corrected chi connectivity index (χ0v) is 18.5. The van der Waals surface area contributed by atoms with Crippen LogP contribution >= 0.6 is 11.8 Å². The standard InChI is InChI=1S/C20H24N4O3S2/c1-23(2)29(26,27)16-9-10-18-17(13-16)22-19(24(18)3)11-12-20(25)21-14-5-7-15(28-4)8-6-14/h5-10,13H,11-12H2,1-4H3,(H,21,25). The fourth-order valence-electron chi connectivity index (χ4n) is 2.95. The molecule has 1 heterocycles. The van der Waals surface area contributed by atoms with E-state index in [1.54, 1.807) is 30.0 Å². The molecule has 0 aliphatic rings. The van der Waals surface area contributed by atoms with Gasteiger partial charge in [-0.1, -0.05) is 0 Å². The smallest absolute Gasteiger partial charge is 0.242 e. The summed E-state index contributed by atoms with van der Waals surface area (Å²) in [5.41, 5.74) is 2.18. The third kappa shape index (κ3) is 4.63. The summed E-state index contributed by atoms with van der Waals surface area (Å²) in [6.07, 6.45) is 2.74. The van der Waals surface area contributed by atoms with Crippen molar-refractivity contribution < 1.29 is 13.2 Å². The molecule has 0 atom stereocenters. The minimum atomic E-state index is -3.52. The van der Waals surface area contributed by atoms with Gasteiger partial charge in [0.2, 0.25) is 15.9 Å². The van der Waals surface area contributed by atoms with Crippen molar-refractivity contribution in [2.45, 2.75) is 22.6 Å². The summed E-state index contributed by atoms with van der Waals surface area (Å²) in [6.45, 7) is 0. The van der Waals surface area contributed by atoms with E-state index in [2.05, 4.69) is 10.3 Å². The molecule has 0 unspecified atom stereocenters. The number of aryl methyl sites for hydroxylation is 2. The number of fused-ring (bicyclic) bond motifs is 1. The number of thioether (sulfide) groups is 1. The average Bonchev–Trinajstić information content (AvgIpc) is 3.02. The molecular weight excluding hydrogens is 408 g/mol. The summed E-state index contributed by atoms with van der Waals surface area (Å²) in [7, 11) is 1.34. The normalized spacial score (nSPS) is 11.9. The predicted octanol–water partition coefficient (Wildman–Crippen LogP) is 3.12. The Kier molecular flexibility index (Phi) is 6.30. The van der Waals surface area contributed by atoms with Gasteiger partial charge in [-0.2, -0.15) is 0 Å². The summed E-state index contributed by atoms with van der Waals surface area (Å²) in [6, 6.07) is 12.6. The van der Waals surface area contributed by atoms with E-state index < -0.39 is 10.0 Å². The molecule has 3 aromatic rings. The Bertz CT molecular complexity index is 1140. The zero-order valence-electron chi connectivity index (χ0n) is 16.8. The Hall–Kier alpha value is -2.36. The number of hydrogen-bond acceptors (Lipinski definition) is 5. The molecule has 29 heavy (non-hydrogen) atoms. The fraction of sp³-hybridized carbons (Fsp3) is 0.300. The molecule has 0 bridgehead atoms. The highest BCUT2D eigenvalue weighted by Gasteiger charge is 2.19. The van der Waals surface area contributed by atoms with Crippen LogP contribution in [0.3, 0.4) is 0 Å². The predicted molar refractivity (Wildman–Crippen MR) is 117 cm³/mol. The Labute approximate surface area is 175 Å². The van der Waals surface area contributed by atoms with E-state index in [9.17, 15) is 13.2 Å². The van der Waals surface area contributed by atoms with Crippen LogP contribution in [0.5, 0.6) is 0 Å². The number of anilines is 1. The third-order valence-corrected chi connectivity index (χ3v) is 7.23. The molecule has 2 aromatic carbocycles. The fourth-order valence-corrected chi connectivity index (χ4v) is 4.28. The molecule has 0 aliphatic heterocycles. The SMILES string of the molecule is CSc1ccc(NC(=O)CCc2nc3cc(S(=O)(=O)N(C)C)ccc3n2C)cc1. The van der Waals surface area contributed by atoms with Gasteiger partial charge in [-0.3, -0.25) is 4.79 Å². The van der Waals surface area contributed by atoms with E-state index in [1.165, 1.54) is 18.4 Å². The number of imidazole rings is 1. The summed E-state index contributed by atoms with van der Waals surface area (Å²) in [4.78, 5) is 18.2. The molecule has 0 saturated heterocycles. The number of rotatable bonds is 7. The molecule has 0 saturated carbocycles. The number of carbonyl (C=O) groups is 1. The lowest BCUT2D eigenvalue weighted by Gasteiger charge is -2.10. The molecule has 3 rings (SSSR count). The molecule has 1 aromatic heterocycles. The Balaban J connectivity index is 1.72. The first-order valence-electron chi connectivity index (χ1n) is 9.04. The number of hydrogen-bond donors (Lipinski definition) is 1. The van der Waals surface area contributed by atoms with Crippen molar-refractivity contribution in [1.82, 2.24) is 13.9 Å². The van der Waals surface area contributed by atoms with Crippen LogP contribution in [-0.2, 0) is 28.3 Å².